The average Bonchev–Trinajstić information content (AvgIpc) is 3.30. The van der Waals surface area contributed by atoms with Crippen LogP contribution in [0.4, 0.5) is 0 Å². The van der Waals surface area contributed by atoms with Crippen molar-refractivity contribution >= 4 is 23.2 Å². The van der Waals surface area contributed by atoms with Crippen molar-refractivity contribution in [2.45, 2.75) is 51.9 Å². The van der Waals surface area contributed by atoms with Gasteiger partial charge in [0.1, 0.15) is 0 Å². The highest BCUT2D eigenvalue weighted by Crippen LogP contribution is 2.34. The Balaban J connectivity index is 1.43. The van der Waals surface area contributed by atoms with E-state index >= 15 is 0 Å². The third-order valence-corrected chi connectivity index (χ3v) is 7.36. The molecule has 25 heavy (non-hydrogen) atoms. The molecule has 2 fully saturated rings. The molecule has 3 heterocycles. The highest BCUT2D eigenvalue weighted by molar-refractivity contribution is 7.14. The van der Waals surface area contributed by atoms with Crippen LogP contribution in [0.3, 0.4) is 0 Å². The van der Waals surface area contributed by atoms with Gasteiger partial charge in [0.2, 0.25) is 5.91 Å². The maximum absolute atomic E-state index is 12.8. The highest BCUT2D eigenvalue weighted by atomic mass is 32.1. The molecule has 4 nitrogen and oxygen atoms in total. The van der Waals surface area contributed by atoms with Crippen LogP contribution in [0.2, 0.25) is 0 Å². The van der Waals surface area contributed by atoms with Gasteiger partial charge in [-0.25, -0.2) is 0 Å². The van der Waals surface area contributed by atoms with E-state index in [1.54, 1.807) is 11.3 Å². The summed E-state index contributed by atoms with van der Waals surface area (Å²) < 4.78 is 0. The molecule has 0 spiro atoms. The van der Waals surface area contributed by atoms with Crippen molar-refractivity contribution in [3.8, 4) is 0 Å². The van der Waals surface area contributed by atoms with Crippen LogP contribution >= 0.6 is 11.3 Å². The van der Waals surface area contributed by atoms with Gasteiger partial charge in [-0.2, -0.15) is 0 Å². The van der Waals surface area contributed by atoms with Crippen LogP contribution in [0.1, 0.15) is 59.1 Å². The average molecular weight is 361 g/mol. The van der Waals surface area contributed by atoms with E-state index in [1.807, 2.05) is 9.80 Å². The van der Waals surface area contributed by atoms with E-state index in [0.717, 1.165) is 81.9 Å². The van der Waals surface area contributed by atoms with Gasteiger partial charge in [-0.3, -0.25) is 9.59 Å². The number of carbonyl (C=O) groups excluding carboxylic acids is 2. The number of thiophene rings is 1. The van der Waals surface area contributed by atoms with E-state index in [-0.39, 0.29) is 11.8 Å². The lowest BCUT2D eigenvalue weighted by Crippen LogP contribution is -2.37. The van der Waals surface area contributed by atoms with Gasteiger partial charge in [-0.1, -0.05) is 6.92 Å². The van der Waals surface area contributed by atoms with Crippen LogP contribution in [0.25, 0.3) is 0 Å². The molecule has 1 aromatic rings. The first-order valence-corrected chi connectivity index (χ1v) is 10.6. The topological polar surface area (TPSA) is 40.6 Å². The maximum atomic E-state index is 12.8. The number of piperidine rings is 1. The fourth-order valence-electron chi connectivity index (χ4n) is 4.40. The van der Waals surface area contributed by atoms with E-state index in [1.165, 1.54) is 10.4 Å². The smallest absolute Gasteiger partial charge is 0.263 e. The minimum absolute atomic E-state index is 0.124. The molecule has 136 valence electrons. The number of hydrogen-bond donors (Lipinski definition) is 0. The summed E-state index contributed by atoms with van der Waals surface area (Å²) in [6.07, 6.45) is 7.24. The molecule has 0 saturated carbocycles. The Labute approximate surface area is 154 Å². The molecule has 0 radical (unpaired) electrons. The summed E-state index contributed by atoms with van der Waals surface area (Å²) in [5.74, 6) is 1.40. The van der Waals surface area contributed by atoms with Crippen LogP contribution in [0, 0.1) is 11.8 Å². The monoisotopic (exact) mass is 360 g/mol. The first-order chi connectivity index (χ1) is 12.1. The Bertz CT molecular complexity index is 655. The molecule has 5 heteroatoms. The lowest BCUT2D eigenvalue weighted by molar-refractivity contribution is -0.134. The van der Waals surface area contributed by atoms with Gasteiger partial charge in [0.05, 0.1) is 4.88 Å². The van der Waals surface area contributed by atoms with Gasteiger partial charge >= 0.3 is 0 Å². The van der Waals surface area contributed by atoms with Crippen molar-refractivity contribution in [2.24, 2.45) is 11.8 Å². The zero-order valence-electron chi connectivity index (χ0n) is 15.1. The normalized spacial score (nSPS) is 24.4. The molecule has 1 aliphatic carbocycles. The summed E-state index contributed by atoms with van der Waals surface area (Å²) in [6.45, 7) is 5.91. The van der Waals surface area contributed by atoms with E-state index < -0.39 is 0 Å². The van der Waals surface area contributed by atoms with E-state index in [9.17, 15) is 9.59 Å². The molecule has 3 aliphatic rings. The van der Waals surface area contributed by atoms with Crippen molar-refractivity contribution < 1.29 is 9.59 Å². The molecule has 2 amide bonds. The predicted octanol–water partition coefficient (Wildman–Crippen LogP) is 3.35. The first kappa shape index (κ1) is 17.1. The van der Waals surface area contributed by atoms with Crippen LogP contribution < -0.4 is 0 Å². The molecule has 0 bridgehead atoms. The quantitative estimate of drug-likeness (QED) is 0.811. The SMILES string of the molecule is CC1CCN(C(=O)c2cc3c(s2)CCC(C(=O)N2CCCC2)C3)CC1. The van der Waals surface area contributed by atoms with Crippen molar-refractivity contribution in [3.05, 3.63) is 21.4 Å². The second-order valence-electron chi connectivity index (χ2n) is 8.01. The second kappa shape index (κ2) is 7.10. The van der Waals surface area contributed by atoms with Crippen LogP contribution in [0.15, 0.2) is 6.07 Å². The highest BCUT2D eigenvalue weighted by Gasteiger charge is 2.32. The number of aryl methyl sites for hydroxylation is 1. The zero-order valence-corrected chi connectivity index (χ0v) is 15.9. The fourth-order valence-corrected chi connectivity index (χ4v) is 5.58. The standard InChI is InChI=1S/C20H28N2O2S/c1-14-6-10-22(11-7-14)20(24)18-13-16-12-15(4-5-17(16)25-18)19(23)21-8-2-3-9-21/h13-15H,2-12H2,1H3. The number of fused-ring (bicyclic) bond motifs is 1. The third-order valence-electron chi connectivity index (χ3n) is 6.13. The van der Waals surface area contributed by atoms with Gasteiger partial charge in [0, 0.05) is 37.0 Å². The summed E-state index contributed by atoms with van der Waals surface area (Å²) in [6, 6.07) is 2.09. The lowest BCUT2D eigenvalue weighted by atomic mass is 9.87. The zero-order chi connectivity index (χ0) is 17.4. The van der Waals surface area contributed by atoms with Crippen molar-refractivity contribution in [3.63, 3.8) is 0 Å². The maximum Gasteiger partial charge on any atom is 0.263 e. The molecular weight excluding hydrogens is 332 g/mol. The Morgan fingerprint density at radius 1 is 1.04 bits per heavy atom. The largest absolute Gasteiger partial charge is 0.342 e. The molecule has 2 aliphatic heterocycles. The molecule has 0 N–H and O–H groups in total. The summed E-state index contributed by atoms with van der Waals surface area (Å²) in [5, 5.41) is 0. The Hall–Kier alpha value is -1.36. The molecule has 0 aromatic carbocycles. The first-order valence-electron chi connectivity index (χ1n) is 9.81. The fraction of sp³-hybridized carbons (Fsp3) is 0.700. The van der Waals surface area contributed by atoms with Gasteiger partial charge in [0.25, 0.3) is 5.91 Å². The van der Waals surface area contributed by atoms with Crippen molar-refractivity contribution in [2.75, 3.05) is 26.2 Å². The van der Waals surface area contributed by atoms with Gasteiger partial charge in [-0.05, 0) is 62.5 Å². The predicted molar refractivity (Wildman–Crippen MR) is 99.9 cm³/mol. The summed E-state index contributed by atoms with van der Waals surface area (Å²) >= 11 is 1.67. The summed E-state index contributed by atoms with van der Waals surface area (Å²) in [7, 11) is 0. The number of hydrogen-bond acceptors (Lipinski definition) is 3. The van der Waals surface area contributed by atoms with E-state index in [0.29, 0.717) is 5.91 Å². The van der Waals surface area contributed by atoms with Crippen LogP contribution in [-0.2, 0) is 17.6 Å². The second-order valence-corrected chi connectivity index (χ2v) is 9.14. The van der Waals surface area contributed by atoms with Crippen molar-refractivity contribution in [1.29, 1.82) is 0 Å². The van der Waals surface area contributed by atoms with Crippen LogP contribution in [0.5, 0.6) is 0 Å². The third kappa shape index (κ3) is 3.48. The minimum Gasteiger partial charge on any atom is -0.342 e. The molecule has 1 aromatic heterocycles. The van der Waals surface area contributed by atoms with Gasteiger partial charge < -0.3 is 9.80 Å². The van der Waals surface area contributed by atoms with Crippen LogP contribution in [-0.4, -0.2) is 47.8 Å². The number of carbonyl (C=O) groups is 2. The molecular formula is C20H28N2O2S. The number of likely N-dealkylation sites (tertiary alicyclic amines) is 2. The molecule has 4 rings (SSSR count). The number of amides is 2. The van der Waals surface area contributed by atoms with Crippen molar-refractivity contribution in [1.82, 2.24) is 9.80 Å². The van der Waals surface area contributed by atoms with E-state index in [2.05, 4.69) is 13.0 Å². The Morgan fingerprint density at radius 3 is 2.48 bits per heavy atom. The lowest BCUT2D eigenvalue weighted by Gasteiger charge is -2.29. The summed E-state index contributed by atoms with van der Waals surface area (Å²) in [4.78, 5) is 31.8. The number of rotatable bonds is 2. The van der Waals surface area contributed by atoms with Gasteiger partial charge in [0.15, 0.2) is 0 Å². The number of nitrogens with zero attached hydrogens (tertiary/aromatic N) is 2. The van der Waals surface area contributed by atoms with Gasteiger partial charge in [-0.15, -0.1) is 11.3 Å². The Kier molecular flexibility index (Phi) is 4.85. The molecule has 1 unspecified atom stereocenters. The summed E-state index contributed by atoms with van der Waals surface area (Å²) in [5.41, 5.74) is 1.25. The molecule has 1 atom stereocenters. The Morgan fingerprint density at radius 2 is 1.76 bits per heavy atom. The molecule has 2 saturated heterocycles. The minimum atomic E-state index is 0.124. The van der Waals surface area contributed by atoms with E-state index in [4.69, 9.17) is 0 Å².